The van der Waals surface area contributed by atoms with Crippen LogP contribution in [0.4, 0.5) is 5.69 Å². The Morgan fingerprint density at radius 1 is 0.939 bits per heavy atom. The summed E-state index contributed by atoms with van der Waals surface area (Å²) >= 11 is 0. The van der Waals surface area contributed by atoms with Crippen molar-refractivity contribution >= 4 is 54.3 Å². The molecule has 2 aromatic rings. The van der Waals surface area contributed by atoms with Gasteiger partial charge in [0, 0.05) is 31.7 Å². The zero-order chi connectivity index (χ0) is 22.4. The van der Waals surface area contributed by atoms with Gasteiger partial charge in [0.15, 0.2) is 5.96 Å². The van der Waals surface area contributed by atoms with E-state index in [4.69, 9.17) is 21.3 Å². The first-order chi connectivity index (χ1) is 14.8. The minimum absolute atomic E-state index is 0. The van der Waals surface area contributed by atoms with E-state index >= 15 is 0 Å². The number of aliphatic carboxylic acids is 1. The Morgan fingerprint density at radius 3 is 2.12 bits per heavy atom. The molecular formula is C21H25Cl2N5O5. The molecule has 2 aromatic carbocycles. The molecule has 12 heteroatoms. The Kier molecular flexibility index (Phi) is 10.6. The molecule has 0 atom stereocenters. The number of guanidine groups is 1. The first-order valence-electron chi connectivity index (χ1n) is 9.58. The Morgan fingerprint density at radius 2 is 1.55 bits per heavy atom. The highest BCUT2D eigenvalue weighted by atomic mass is 35.5. The number of hydrogen-bond donors (Lipinski definition) is 3. The largest absolute Gasteiger partial charge is 0.480 e. The van der Waals surface area contributed by atoms with Crippen LogP contribution in [-0.2, 0) is 4.79 Å². The van der Waals surface area contributed by atoms with Crippen LogP contribution in [0.1, 0.15) is 20.7 Å². The van der Waals surface area contributed by atoms with Crippen molar-refractivity contribution in [2.75, 3.05) is 32.7 Å². The second-order valence-electron chi connectivity index (χ2n) is 6.93. The number of rotatable bonds is 6. The van der Waals surface area contributed by atoms with Gasteiger partial charge in [0.2, 0.25) is 0 Å². The molecule has 0 aromatic heterocycles. The lowest BCUT2D eigenvalue weighted by Crippen LogP contribution is -2.49. The number of carbonyl (C=O) groups excluding carboxylic acids is 2. The predicted molar refractivity (Wildman–Crippen MR) is 128 cm³/mol. The van der Waals surface area contributed by atoms with Gasteiger partial charge in [0.1, 0.15) is 5.75 Å². The van der Waals surface area contributed by atoms with Crippen molar-refractivity contribution in [3.05, 3.63) is 59.7 Å². The maximum absolute atomic E-state index is 12.7. The summed E-state index contributed by atoms with van der Waals surface area (Å²) in [5.41, 5.74) is 11.7. The number of benzene rings is 2. The molecule has 33 heavy (non-hydrogen) atoms. The molecule has 0 spiro atoms. The predicted octanol–water partition coefficient (Wildman–Crippen LogP) is 1.50. The molecule has 5 N–H and O–H groups in total. The Labute approximate surface area is 203 Å². The summed E-state index contributed by atoms with van der Waals surface area (Å²) in [6.45, 7) is 1.87. The summed E-state index contributed by atoms with van der Waals surface area (Å²) < 4.78 is 5.38. The fourth-order valence-corrected chi connectivity index (χ4v) is 3.19. The van der Waals surface area contributed by atoms with E-state index < -0.39 is 11.9 Å². The number of amides is 1. The van der Waals surface area contributed by atoms with Crippen LogP contribution in [0.3, 0.4) is 0 Å². The number of aliphatic imine (C=N–C) groups is 1. The van der Waals surface area contributed by atoms with Crippen LogP contribution >= 0.6 is 24.8 Å². The van der Waals surface area contributed by atoms with Gasteiger partial charge in [-0.05, 0) is 36.4 Å². The number of para-hydroxylation sites is 1. The molecule has 0 saturated carbocycles. The molecule has 1 aliphatic rings. The van der Waals surface area contributed by atoms with Crippen molar-refractivity contribution in [3.63, 3.8) is 0 Å². The number of nitrogens with two attached hydrogens (primary N) is 2. The van der Waals surface area contributed by atoms with Crippen LogP contribution in [-0.4, -0.2) is 71.4 Å². The average Bonchev–Trinajstić information content (AvgIpc) is 2.74. The van der Waals surface area contributed by atoms with Crippen molar-refractivity contribution in [3.8, 4) is 5.75 Å². The van der Waals surface area contributed by atoms with E-state index in [1.54, 1.807) is 46.2 Å². The Balaban J connectivity index is 0.00000272. The van der Waals surface area contributed by atoms with Crippen molar-refractivity contribution in [1.29, 1.82) is 0 Å². The molecule has 3 rings (SSSR count). The highest BCUT2D eigenvalue weighted by molar-refractivity contribution is 5.98. The smallest absolute Gasteiger partial charge is 0.345 e. The number of carbonyl (C=O) groups is 3. The Hall–Kier alpha value is -3.34. The highest BCUT2D eigenvalue weighted by Gasteiger charge is 2.23. The summed E-state index contributed by atoms with van der Waals surface area (Å²) in [7, 11) is 0. The maximum Gasteiger partial charge on any atom is 0.345 e. The molecular weight excluding hydrogens is 473 g/mol. The highest BCUT2D eigenvalue weighted by Crippen LogP contribution is 2.22. The standard InChI is InChI=1S/C21H23N5O5.2ClH/c22-21(23)24-17-4-2-1-3-16(17)20(30)31-15-7-5-14(6-8-15)19(29)26-11-9-25(10-12-26)13-18(27)28;;/h1-8H,9-13H2,(H,27,28)(H4,22,23,24);2*1H. The molecule has 1 amide bonds. The van der Waals surface area contributed by atoms with Crippen molar-refractivity contribution < 1.29 is 24.2 Å². The second kappa shape index (κ2) is 12.6. The van der Waals surface area contributed by atoms with Gasteiger partial charge in [-0.2, -0.15) is 0 Å². The van der Waals surface area contributed by atoms with E-state index in [0.717, 1.165) is 0 Å². The molecule has 178 valence electrons. The molecule has 0 aliphatic carbocycles. The van der Waals surface area contributed by atoms with Gasteiger partial charge >= 0.3 is 11.9 Å². The first kappa shape index (κ1) is 27.7. The minimum atomic E-state index is -0.883. The number of ether oxygens (including phenoxy) is 1. The first-order valence-corrected chi connectivity index (χ1v) is 9.58. The van der Waals surface area contributed by atoms with Crippen LogP contribution in [0.2, 0.25) is 0 Å². The van der Waals surface area contributed by atoms with Crippen LogP contribution in [0.15, 0.2) is 53.5 Å². The van der Waals surface area contributed by atoms with E-state index in [2.05, 4.69) is 4.99 Å². The summed E-state index contributed by atoms with van der Waals surface area (Å²) in [6.07, 6.45) is 0. The summed E-state index contributed by atoms with van der Waals surface area (Å²) in [5.74, 6) is -1.58. The fourth-order valence-electron chi connectivity index (χ4n) is 3.19. The molecule has 1 heterocycles. The summed E-state index contributed by atoms with van der Waals surface area (Å²) in [5, 5.41) is 8.86. The Bertz CT molecular complexity index is 1000. The minimum Gasteiger partial charge on any atom is -0.480 e. The third-order valence-electron chi connectivity index (χ3n) is 4.70. The quantitative estimate of drug-likeness (QED) is 0.235. The van der Waals surface area contributed by atoms with Crippen LogP contribution in [0, 0.1) is 0 Å². The van der Waals surface area contributed by atoms with Gasteiger partial charge in [0.05, 0.1) is 17.8 Å². The monoisotopic (exact) mass is 497 g/mol. The number of carboxylic acids is 1. The SMILES string of the molecule is Cl.Cl.NC(N)=Nc1ccccc1C(=O)Oc1ccc(C(=O)N2CCN(CC(=O)O)CC2)cc1. The topological polar surface area (TPSA) is 152 Å². The lowest BCUT2D eigenvalue weighted by molar-refractivity contribution is -0.138. The second-order valence-corrected chi connectivity index (χ2v) is 6.93. The zero-order valence-electron chi connectivity index (χ0n) is 17.5. The third-order valence-corrected chi connectivity index (χ3v) is 4.70. The van der Waals surface area contributed by atoms with E-state index in [1.807, 2.05) is 0 Å². The van der Waals surface area contributed by atoms with Gasteiger partial charge in [-0.3, -0.25) is 14.5 Å². The van der Waals surface area contributed by atoms with Gasteiger partial charge in [-0.15, -0.1) is 24.8 Å². The number of carboxylic acid groups (broad SMARTS) is 1. The molecule has 0 bridgehead atoms. The van der Waals surface area contributed by atoms with Crippen molar-refractivity contribution in [2.24, 2.45) is 16.5 Å². The maximum atomic E-state index is 12.7. The van der Waals surface area contributed by atoms with Gasteiger partial charge in [-0.25, -0.2) is 9.79 Å². The van der Waals surface area contributed by atoms with E-state index in [1.165, 1.54) is 12.1 Å². The normalized spacial score (nSPS) is 13.2. The van der Waals surface area contributed by atoms with Crippen molar-refractivity contribution in [2.45, 2.75) is 0 Å². The lowest BCUT2D eigenvalue weighted by atomic mass is 10.1. The average molecular weight is 498 g/mol. The zero-order valence-corrected chi connectivity index (χ0v) is 19.2. The van der Waals surface area contributed by atoms with E-state index in [0.29, 0.717) is 37.4 Å². The van der Waals surface area contributed by atoms with Crippen LogP contribution in [0.5, 0.6) is 5.75 Å². The van der Waals surface area contributed by atoms with E-state index in [9.17, 15) is 14.4 Å². The molecule has 1 aliphatic heterocycles. The number of esters is 1. The molecule has 10 nitrogen and oxygen atoms in total. The van der Waals surface area contributed by atoms with Gasteiger partial charge in [0.25, 0.3) is 5.91 Å². The molecule has 1 fully saturated rings. The summed E-state index contributed by atoms with van der Waals surface area (Å²) in [4.78, 5) is 43.3. The van der Waals surface area contributed by atoms with Gasteiger partial charge in [-0.1, -0.05) is 12.1 Å². The van der Waals surface area contributed by atoms with Crippen molar-refractivity contribution in [1.82, 2.24) is 9.80 Å². The molecule has 0 radical (unpaired) electrons. The molecule has 0 unspecified atom stereocenters. The summed E-state index contributed by atoms with van der Waals surface area (Å²) in [6, 6.07) is 12.7. The lowest BCUT2D eigenvalue weighted by Gasteiger charge is -2.33. The fraction of sp³-hybridized carbons (Fsp3) is 0.238. The number of halogens is 2. The van der Waals surface area contributed by atoms with Crippen LogP contribution in [0.25, 0.3) is 0 Å². The number of hydrogen-bond acceptors (Lipinski definition) is 6. The molecule has 1 saturated heterocycles. The number of nitrogens with zero attached hydrogens (tertiary/aromatic N) is 3. The number of piperazine rings is 1. The third kappa shape index (κ3) is 7.63. The van der Waals surface area contributed by atoms with E-state index in [-0.39, 0.29) is 54.5 Å². The van der Waals surface area contributed by atoms with Gasteiger partial charge < -0.3 is 26.2 Å². The van der Waals surface area contributed by atoms with Crippen LogP contribution < -0.4 is 16.2 Å².